The highest BCUT2D eigenvalue weighted by molar-refractivity contribution is 5.94. The molecule has 3 heterocycles. The van der Waals surface area contributed by atoms with Crippen molar-refractivity contribution in [2.75, 3.05) is 26.2 Å². The van der Waals surface area contributed by atoms with Crippen LogP contribution in [0.5, 0.6) is 0 Å². The fraction of sp³-hybridized carbons (Fsp3) is 0.750. The summed E-state index contributed by atoms with van der Waals surface area (Å²) in [5, 5.41) is 10.6. The van der Waals surface area contributed by atoms with E-state index in [2.05, 4.69) is 29.4 Å². The van der Waals surface area contributed by atoms with Crippen molar-refractivity contribution < 1.29 is 9.53 Å². The summed E-state index contributed by atoms with van der Waals surface area (Å²) in [6, 6.07) is 0. The number of amides is 1. The second-order valence-corrected chi connectivity index (χ2v) is 6.67. The molecule has 6 nitrogen and oxygen atoms in total. The highest BCUT2D eigenvalue weighted by Gasteiger charge is 2.31. The first-order valence-corrected chi connectivity index (χ1v) is 8.33. The minimum Gasteiger partial charge on any atom is -0.376 e. The van der Waals surface area contributed by atoms with Gasteiger partial charge in [-0.15, -0.1) is 0 Å². The Kier molecular flexibility index (Phi) is 4.78. The molecule has 1 saturated heterocycles. The van der Waals surface area contributed by atoms with E-state index >= 15 is 0 Å². The number of nitrogens with zero attached hydrogens (tertiary/aromatic N) is 2. The molecule has 2 aliphatic heterocycles. The van der Waals surface area contributed by atoms with Gasteiger partial charge in [-0.25, -0.2) is 0 Å². The van der Waals surface area contributed by atoms with Gasteiger partial charge in [0.15, 0.2) is 5.69 Å². The van der Waals surface area contributed by atoms with Crippen LogP contribution in [0.25, 0.3) is 0 Å². The first-order chi connectivity index (χ1) is 10.6. The minimum atomic E-state index is 0.0381. The van der Waals surface area contributed by atoms with E-state index in [1.165, 1.54) is 0 Å². The summed E-state index contributed by atoms with van der Waals surface area (Å²) >= 11 is 0. The number of H-pyrrole nitrogens is 1. The third kappa shape index (κ3) is 3.33. The van der Waals surface area contributed by atoms with Crippen molar-refractivity contribution in [3.63, 3.8) is 0 Å². The molecule has 6 heteroatoms. The van der Waals surface area contributed by atoms with E-state index in [1.807, 2.05) is 4.90 Å². The molecule has 22 heavy (non-hydrogen) atoms. The molecule has 1 amide bonds. The molecule has 3 rings (SSSR count). The van der Waals surface area contributed by atoms with Crippen LogP contribution in [0.3, 0.4) is 0 Å². The molecular weight excluding hydrogens is 280 g/mol. The van der Waals surface area contributed by atoms with E-state index in [9.17, 15) is 4.79 Å². The van der Waals surface area contributed by atoms with Crippen LogP contribution in [0.4, 0.5) is 0 Å². The molecule has 2 aliphatic rings. The molecular formula is C16H26N4O2. The van der Waals surface area contributed by atoms with Gasteiger partial charge in [0.05, 0.1) is 6.10 Å². The molecule has 1 unspecified atom stereocenters. The van der Waals surface area contributed by atoms with Crippen LogP contribution in [-0.2, 0) is 17.7 Å². The number of hydrogen-bond donors (Lipinski definition) is 2. The van der Waals surface area contributed by atoms with E-state index < -0.39 is 0 Å². The summed E-state index contributed by atoms with van der Waals surface area (Å²) in [5.74, 6) is 0.693. The fourth-order valence-electron chi connectivity index (χ4n) is 3.07. The quantitative estimate of drug-likeness (QED) is 0.861. The number of aromatic nitrogens is 2. The second-order valence-electron chi connectivity index (χ2n) is 6.67. The summed E-state index contributed by atoms with van der Waals surface area (Å²) in [6.45, 7) is 8.30. The third-order valence-electron chi connectivity index (χ3n) is 4.49. The Balaban J connectivity index is 1.56. The summed E-state index contributed by atoms with van der Waals surface area (Å²) in [6.07, 6.45) is 3.09. The van der Waals surface area contributed by atoms with E-state index in [4.69, 9.17) is 4.74 Å². The lowest BCUT2D eigenvalue weighted by Crippen LogP contribution is -2.32. The van der Waals surface area contributed by atoms with Crippen LogP contribution in [0.1, 0.15) is 48.4 Å². The molecule has 122 valence electrons. The molecule has 1 aromatic heterocycles. The topological polar surface area (TPSA) is 70.2 Å². The first-order valence-electron chi connectivity index (χ1n) is 8.33. The Morgan fingerprint density at radius 3 is 3.18 bits per heavy atom. The maximum atomic E-state index is 12.7. The number of nitrogens with one attached hydrogen (secondary N) is 2. The van der Waals surface area contributed by atoms with Crippen molar-refractivity contribution in [3.8, 4) is 0 Å². The SMILES string of the molecule is CC(C)CCOC1CCN(C(=O)c2n[nH]c3c2CNCC3)C1. The zero-order chi connectivity index (χ0) is 15.5. The molecule has 0 radical (unpaired) electrons. The molecule has 2 N–H and O–H groups in total. The van der Waals surface area contributed by atoms with Crippen LogP contribution < -0.4 is 5.32 Å². The minimum absolute atomic E-state index is 0.0381. The van der Waals surface area contributed by atoms with Crippen LogP contribution in [0, 0.1) is 5.92 Å². The van der Waals surface area contributed by atoms with Crippen LogP contribution in [0.15, 0.2) is 0 Å². The van der Waals surface area contributed by atoms with E-state index in [0.717, 1.165) is 56.8 Å². The predicted octanol–water partition coefficient (Wildman–Crippen LogP) is 1.33. The van der Waals surface area contributed by atoms with Gasteiger partial charge in [0.2, 0.25) is 0 Å². The molecule has 1 aromatic rings. The second kappa shape index (κ2) is 6.79. The van der Waals surface area contributed by atoms with Crippen molar-refractivity contribution in [3.05, 3.63) is 17.0 Å². The zero-order valence-corrected chi connectivity index (χ0v) is 13.5. The normalized spacial score (nSPS) is 21.4. The number of ether oxygens (including phenoxy) is 1. The van der Waals surface area contributed by atoms with E-state index in [0.29, 0.717) is 18.2 Å². The number of hydrogen-bond acceptors (Lipinski definition) is 4. The maximum absolute atomic E-state index is 12.7. The first kappa shape index (κ1) is 15.5. The van der Waals surface area contributed by atoms with Crippen LogP contribution in [-0.4, -0.2) is 53.3 Å². The Bertz CT molecular complexity index is 526. The van der Waals surface area contributed by atoms with Gasteiger partial charge in [-0.2, -0.15) is 5.10 Å². The molecule has 1 atom stereocenters. The smallest absolute Gasteiger partial charge is 0.274 e. The Hall–Kier alpha value is -1.40. The molecule has 0 bridgehead atoms. The summed E-state index contributed by atoms with van der Waals surface area (Å²) in [7, 11) is 0. The van der Waals surface area contributed by atoms with Crippen molar-refractivity contribution in [2.24, 2.45) is 5.92 Å². The van der Waals surface area contributed by atoms with Gasteiger partial charge in [-0.05, 0) is 18.8 Å². The molecule has 0 aromatic carbocycles. The van der Waals surface area contributed by atoms with Gasteiger partial charge >= 0.3 is 0 Å². The molecule has 0 saturated carbocycles. The molecule has 0 spiro atoms. The standard InChI is InChI=1S/C16H26N4O2/c1-11(2)5-8-22-12-4-7-20(10-12)16(21)15-13-9-17-6-3-14(13)18-19-15/h11-12,17H,3-10H2,1-2H3,(H,18,19). The Morgan fingerprint density at radius 2 is 2.36 bits per heavy atom. The lowest BCUT2D eigenvalue weighted by atomic mass is 10.1. The monoisotopic (exact) mass is 306 g/mol. The average Bonchev–Trinajstić information content (AvgIpc) is 3.13. The van der Waals surface area contributed by atoms with Gasteiger partial charge in [0.25, 0.3) is 5.91 Å². The van der Waals surface area contributed by atoms with Crippen molar-refractivity contribution >= 4 is 5.91 Å². The summed E-state index contributed by atoms with van der Waals surface area (Å²) < 4.78 is 5.89. The number of carbonyl (C=O) groups excluding carboxylic acids is 1. The molecule has 0 aliphatic carbocycles. The number of fused-ring (bicyclic) bond motifs is 1. The number of rotatable bonds is 5. The van der Waals surface area contributed by atoms with Gasteiger partial charge < -0.3 is 15.0 Å². The Labute approximate surface area is 131 Å². The number of carbonyl (C=O) groups is 1. The van der Waals surface area contributed by atoms with E-state index in [-0.39, 0.29) is 12.0 Å². The number of likely N-dealkylation sites (tertiary alicyclic amines) is 1. The van der Waals surface area contributed by atoms with Crippen molar-refractivity contribution in [1.29, 1.82) is 0 Å². The Morgan fingerprint density at radius 1 is 1.50 bits per heavy atom. The third-order valence-corrected chi connectivity index (χ3v) is 4.49. The summed E-state index contributed by atoms with van der Waals surface area (Å²) in [4.78, 5) is 14.5. The van der Waals surface area contributed by atoms with Gasteiger partial charge in [-0.3, -0.25) is 9.89 Å². The lowest BCUT2D eigenvalue weighted by Gasteiger charge is -2.18. The van der Waals surface area contributed by atoms with Crippen LogP contribution in [0.2, 0.25) is 0 Å². The van der Waals surface area contributed by atoms with Gasteiger partial charge in [0, 0.05) is 50.5 Å². The molecule has 1 fully saturated rings. The zero-order valence-electron chi connectivity index (χ0n) is 13.5. The van der Waals surface area contributed by atoms with Crippen LogP contribution >= 0.6 is 0 Å². The van der Waals surface area contributed by atoms with Gasteiger partial charge in [-0.1, -0.05) is 13.8 Å². The van der Waals surface area contributed by atoms with Crippen molar-refractivity contribution in [1.82, 2.24) is 20.4 Å². The summed E-state index contributed by atoms with van der Waals surface area (Å²) in [5.41, 5.74) is 2.73. The predicted molar refractivity (Wildman–Crippen MR) is 83.7 cm³/mol. The maximum Gasteiger partial charge on any atom is 0.274 e. The van der Waals surface area contributed by atoms with Crippen molar-refractivity contribution in [2.45, 2.75) is 45.8 Å². The lowest BCUT2D eigenvalue weighted by molar-refractivity contribution is 0.0482. The average molecular weight is 306 g/mol. The number of aromatic amines is 1. The highest BCUT2D eigenvalue weighted by atomic mass is 16.5. The fourth-order valence-corrected chi connectivity index (χ4v) is 3.07. The van der Waals surface area contributed by atoms with Gasteiger partial charge in [0.1, 0.15) is 0 Å². The van der Waals surface area contributed by atoms with E-state index in [1.54, 1.807) is 0 Å². The highest BCUT2D eigenvalue weighted by Crippen LogP contribution is 2.20. The largest absolute Gasteiger partial charge is 0.376 e.